The van der Waals surface area contributed by atoms with Gasteiger partial charge in [-0.1, -0.05) is 13.0 Å². The van der Waals surface area contributed by atoms with Crippen LogP contribution in [-0.2, 0) is 4.79 Å². The normalized spacial score (nSPS) is 24.2. The summed E-state index contributed by atoms with van der Waals surface area (Å²) in [4.78, 5) is 13.1. The fourth-order valence-corrected chi connectivity index (χ4v) is 2.19. The van der Waals surface area contributed by atoms with Crippen molar-refractivity contribution < 1.29 is 4.79 Å². The van der Waals surface area contributed by atoms with Crippen LogP contribution in [0.3, 0.4) is 0 Å². The molecule has 1 fully saturated rings. The van der Waals surface area contributed by atoms with E-state index in [1.807, 2.05) is 11.0 Å². The molecule has 1 aliphatic heterocycles. The van der Waals surface area contributed by atoms with Gasteiger partial charge < -0.3 is 10.2 Å². The van der Waals surface area contributed by atoms with Crippen molar-refractivity contribution in [1.29, 1.82) is 0 Å². The first-order valence-electron chi connectivity index (χ1n) is 6.17. The number of nitrogens with one attached hydrogen (secondary N) is 1. The molecular weight excluding hydrogens is 200 g/mol. The molecule has 1 heterocycles. The molecule has 3 heteroatoms. The minimum atomic E-state index is 0.191. The van der Waals surface area contributed by atoms with E-state index >= 15 is 0 Å². The Kier molecular flexibility index (Phi) is 5.00. The molecule has 0 aliphatic carbocycles. The van der Waals surface area contributed by atoms with Crippen LogP contribution in [0.2, 0.25) is 0 Å². The van der Waals surface area contributed by atoms with E-state index in [0.29, 0.717) is 18.0 Å². The van der Waals surface area contributed by atoms with E-state index in [1.54, 1.807) is 6.92 Å². The van der Waals surface area contributed by atoms with Gasteiger partial charge in [-0.3, -0.25) is 4.79 Å². The Bertz CT molecular complexity index is 252. The van der Waals surface area contributed by atoms with Crippen LogP contribution in [0.1, 0.15) is 33.6 Å². The third-order valence-corrected chi connectivity index (χ3v) is 3.52. The lowest BCUT2D eigenvalue weighted by molar-refractivity contribution is -0.127. The lowest BCUT2D eigenvalue weighted by Crippen LogP contribution is -2.42. The summed E-state index contributed by atoms with van der Waals surface area (Å²) in [5, 5.41) is 3.61. The van der Waals surface area contributed by atoms with E-state index in [4.69, 9.17) is 0 Å². The predicted octanol–water partition coefficient (Wildman–Crippen LogP) is 1.80. The second kappa shape index (κ2) is 6.04. The molecule has 16 heavy (non-hydrogen) atoms. The standard InChI is InChI=1S/C13H24N2O/c1-5-6-10(2)11(3)14-13-7-8-15(9-13)12(4)16/h5,10-11,13-14H,1,6-9H2,2-4H3. The zero-order chi connectivity index (χ0) is 12.1. The quantitative estimate of drug-likeness (QED) is 0.722. The van der Waals surface area contributed by atoms with Crippen LogP contribution in [-0.4, -0.2) is 36.0 Å². The maximum absolute atomic E-state index is 11.2. The monoisotopic (exact) mass is 224 g/mol. The largest absolute Gasteiger partial charge is 0.341 e. The van der Waals surface area contributed by atoms with Gasteiger partial charge in [0.15, 0.2) is 0 Å². The molecule has 0 aromatic carbocycles. The second-order valence-corrected chi connectivity index (χ2v) is 4.91. The number of likely N-dealkylation sites (tertiary alicyclic amines) is 1. The fraction of sp³-hybridized carbons (Fsp3) is 0.769. The van der Waals surface area contributed by atoms with E-state index in [1.165, 1.54) is 0 Å². The van der Waals surface area contributed by atoms with Crippen molar-refractivity contribution in [2.75, 3.05) is 13.1 Å². The molecule has 1 N–H and O–H groups in total. The summed E-state index contributed by atoms with van der Waals surface area (Å²) < 4.78 is 0. The van der Waals surface area contributed by atoms with Crippen molar-refractivity contribution in [3.63, 3.8) is 0 Å². The van der Waals surface area contributed by atoms with Gasteiger partial charge in [0.2, 0.25) is 5.91 Å². The summed E-state index contributed by atoms with van der Waals surface area (Å²) in [5.41, 5.74) is 0. The molecule has 92 valence electrons. The molecule has 3 unspecified atom stereocenters. The van der Waals surface area contributed by atoms with E-state index < -0.39 is 0 Å². The molecule has 0 aromatic rings. The van der Waals surface area contributed by atoms with E-state index in [9.17, 15) is 4.79 Å². The molecule has 1 saturated heterocycles. The van der Waals surface area contributed by atoms with Crippen LogP contribution < -0.4 is 5.32 Å². The minimum absolute atomic E-state index is 0.191. The lowest BCUT2D eigenvalue weighted by Gasteiger charge is -2.24. The number of hydrogen-bond donors (Lipinski definition) is 1. The van der Waals surface area contributed by atoms with Crippen LogP contribution >= 0.6 is 0 Å². The van der Waals surface area contributed by atoms with Crippen LogP contribution in [0, 0.1) is 5.92 Å². The minimum Gasteiger partial charge on any atom is -0.341 e. The van der Waals surface area contributed by atoms with Crippen molar-refractivity contribution in [2.24, 2.45) is 5.92 Å². The van der Waals surface area contributed by atoms with Gasteiger partial charge in [0.1, 0.15) is 0 Å². The Morgan fingerprint density at radius 3 is 2.81 bits per heavy atom. The molecule has 0 spiro atoms. The first-order valence-corrected chi connectivity index (χ1v) is 6.17. The van der Waals surface area contributed by atoms with Crippen molar-refractivity contribution in [2.45, 2.75) is 45.7 Å². The predicted molar refractivity (Wildman–Crippen MR) is 67.2 cm³/mol. The van der Waals surface area contributed by atoms with Crippen molar-refractivity contribution in [3.8, 4) is 0 Å². The fourth-order valence-electron chi connectivity index (χ4n) is 2.19. The van der Waals surface area contributed by atoms with Crippen molar-refractivity contribution in [1.82, 2.24) is 10.2 Å². The molecular formula is C13H24N2O. The third-order valence-electron chi connectivity index (χ3n) is 3.52. The summed E-state index contributed by atoms with van der Waals surface area (Å²) in [6.07, 6.45) is 4.08. The topological polar surface area (TPSA) is 32.3 Å². The molecule has 0 radical (unpaired) electrons. The van der Waals surface area contributed by atoms with Gasteiger partial charge in [0, 0.05) is 32.1 Å². The first-order chi connectivity index (χ1) is 7.54. The Hall–Kier alpha value is -0.830. The highest BCUT2D eigenvalue weighted by molar-refractivity contribution is 5.73. The van der Waals surface area contributed by atoms with Crippen LogP contribution in [0.15, 0.2) is 12.7 Å². The molecule has 3 atom stereocenters. The average molecular weight is 224 g/mol. The maximum atomic E-state index is 11.2. The van der Waals surface area contributed by atoms with Crippen molar-refractivity contribution >= 4 is 5.91 Å². The van der Waals surface area contributed by atoms with Gasteiger partial charge in [-0.05, 0) is 25.7 Å². The van der Waals surface area contributed by atoms with Crippen LogP contribution in [0.4, 0.5) is 0 Å². The zero-order valence-electron chi connectivity index (χ0n) is 10.7. The van der Waals surface area contributed by atoms with Gasteiger partial charge in [0.25, 0.3) is 0 Å². The van der Waals surface area contributed by atoms with Gasteiger partial charge in [0.05, 0.1) is 0 Å². The summed E-state index contributed by atoms with van der Waals surface area (Å²) >= 11 is 0. The molecule has 1 amide bonds. The molecule has 0 bridgehead atoms. The highest BCUT2D eigenvalue weighted by atomic mass is 16.2. The van der Waals surface area contributed by atoms with Gasteiger partial charge >= 0.3 is 0 Å². The zero-order valence-corrected chi connectivity index (χ0v) is 10.7. The third kappa shape index (κ3) is 3.63. The highest BCUT2D eigenvalue weighted by Gasteiger charge is 2.25. The van der Waals surface area contributed by atoms with E-state index in [0.717, 1.165) is 25.9 Å². The van der Waals surface area contributed by atoms with E-state index in [2.05, 4.69) is 25.7 Å². The first kappa shape index (κ1) is 13.2. The smallest absolute Gasteiger partial charge is 0.219 e. The summed E-state index contributed by atoms with van der Waals surface area (Å²) in [5.74, 6) is 0.792. The number of hydrogen-bond acceptors (Lipinski definition) is 2. The van der Waals surface area contributed by atoms with Gasteiger partial charge in [-0.15, -0.1) is 6.58 Å². The number of nitrogens with zero attached hydrogens (tertiary/aromatic N) is 1. The number of amides is 1. The van der Waals surface area contributed by atoms with Gasteiger partial charge in [-0.25, -0.2) is 0 Å². The van der Waals surface area contributed by atoms with Crippen molar-refractivity contribution in [3.05, 3.63) is 12.7 Å². The van der Waals surface area contributed by atoms with E-state index in [-0.39, 0.29) is 5.91 Å². The van der Waals surface area contributed by atoms with Crippen LogP contribution in [0.5, 0.6) is 0 Å². The maximum Gasteiger partial charge on any atom is 0.219 e. The lowest BCUT2D eigenvalue weighted by atomic mass is 9.99. The number of carbonyl (C=O) groups is 1. The average Bonchev–Trinajstić information content (AvgIpc) is 2.66. The highest BCUT2D eigenvalue weighted by Crippen LogP contribution is 2.14. The Balaban J connectivity index is 2.33. The molecule has 1 rings (SSSR count). The Morgan fingerprint density at radius 1 is 1.62 bits per heavy atom. The summed E-state index contributed by atoms with van der Waals surface area (Å²) in [6.45, 7) is 11.6. The molecule has 1 aliphatic rings. The molecule has 0 aromatic heterocycles. The summed E-state index contributed by atoms with van der Waals surface area (Å²) in [7, 11) is 0. The second-order valence-electron chi connectivity index (χ2n) is 4.91. The Morgan fingerprint density at radius 2 is 2.31 bits per heavy atom. The Labute approximate surface area is 98.9 Å². The number of rotatable bonds is 5. The summed E-state index contributed by atoms with van der Waals surface area (Å²) in [6, 6.07) is 0.945. The number of allylic oxidation sites excluding steroid dienone is 1. The van der Waals surface area contributed by atoms with Crippen LogP contribution in [0.25, 0.3) is 0 Å². The SMILES string of the molecule is C=CCC(C)C(C)NC1CCN(C(C)=O)C1. The van der Waals surface area contributed by atoms with Gasteiger partial charge in [-0.2, -0.15) is 0 Å². The molecule has 0 saturated carbocycles. The molecule has 3 nitrogen and oxygen atoms in total. The number of carbonyl (C=O) groups excluding carboxylic acids is 1.